The molecule has 0 aliphatic heterocycles. The molecule has 0 atom stereocenters. The van der Waals surface area contributed by atoms with Gasteiger partial charge < -0.3 is 4.42 Å². The van der Waals surface area contributed by atoms with Gasteiger partial charge in [-0.05, 0) is 12.1 Å². The zero-order chi connectivity index (χ0) is 12.5. The number of nitrogens with zero attached hydrogens (tertiary/aromatic N) is 2. The summed E-state index contributed by atoms with van der Waals surface area (Å²) in [5.74, 6) is -0.346. The molecule has 17 heavy (non-hydrogen) atoms. The van der Waals surface area contributed by atoms with Crippen molar-refractivity contribution < 1.29 is 22.4 Å². The Bertz CT molecular complexity index is 514. The molecule has 0 aliphatic rings. The highest BCUT2D eigenvalue weighted by molar-refractivity contribution is 5.93. The second-order valence-electron chi connectivity index (χ2n) is 3.32. The zero-order valence-corrected chi connectivity index (χ0v) is 8.44. The number of aromatic nitrogens is 2. The van der Waals surface area contributed by atoms with Crippen LogP contribution < -0.4 is 0 Å². The largest absolute Gasteiger partial charge is 0.461 e. The number of alkyl halides is 3. The summed E-state index contributed by atoms with van der Waals surface area (Å²) in [5, 5.41) is 3.47. The molecule has 2 rings (SSSR count). The lowest BCUT2D eigenvalue weighted by atomic mass is 10.3. The number of carbonyl (C=O) groups excluding carboxylic acids is 1. The van der Waals surface area contributed by atoms with E-state index in [4.69, 9.17) is 4.42 Å². The van der Waals surface area contributed by atoms with E-state index in [1.54, 1.807) is 0 Å². The Hall–Kier alpha value is -2.05. The summed E-state index contributed by atoms with van der Waals surface area (Å²) in [7, 11) is 0. The van der Waals surface area contributed by atoms with Gasteiger partial charge in [0.05, 0.1) is 18.0 Å². The van der Waals surface area contributed by atoms with E-state index in [-0.39, 0.29) is 12.3 Å². The number of carbonyl (C=O) groups is 1. The molecule has 2 heterocycles. The number of hydrogen-bond donors (Lipinski definition) is 0. The number of hydrogen-bond acceptors (Lipinski definition) is 3. The number of furan rings is 1. The van der Waals surface area contributed by atoms with E-state index in [2.05, 4.69) is 5.10 Å². The third kappa shape index (κ3) is 2.55. The van der Waals surface area contributed by atoms with Gasteiger partial charge in [-0.2, -0.15) is 18.3 Å². The Morgan fingerprint density at radius 1 is 1.47 bits per heavy atom. The third-order valence-corrected chi connectivity index (χ3v) is 2.06. The van der Waals surface area contributed by atoms with Gasteiger partial charge in [0, 0.05) is 6.20 Å². The van der Waals surface area contributed by atoms with E-state index >= 15 is 0 Å². The highest BCUT2D eigenvalue weighted by Gasteiger charge is 2.32. The smallest absolute Gasteiger partial charge is 0.419 e. The maximum Gasteiger partial charge on any atom is 0.419 e. The number of ketones is 1. The predicted molar refractivity (Wildman–Crippen MR) is 50.3 cm³/mol. The molecule has 0 fully saturated rings. The number of Topliss-reactive ketones (excluding diaryl/α,β-unsaturated/α-hetero) is 1. The van der Waals surface area contributed by atoms with Crippen molar-refractivity contribution in [2.24, 2.45) is 0 Å². The molecule has 0 spiro atoms. The molecular formula is C10H7F3N2O2. The molecule has 0 N–H and O–H groups in total. The van der Waals surface area contributed by atoms with Crippen LogP contribution in [0.2, 0.25) is 0 Å². The molecule has 90 valence electrons. The Balaban J connectivity index is 2.10. The summed E-state index contributed by atoms with van der Waals surface area (Å²) in [6, 6.07) is 2.97. The molecule has 0 saturated heterocycles. The van der Waals surface area contributed by atoms with Crippen LogP contribution >= 0.6 is 0 Å². The predicted octanol–water partition coefficient (Wildman–Crippen LogP) is 2.38. The van der Waals surface area contributed by atoms with Crippen LogP contribution in [0.25, 0.3) is 0 Å². The zero-order valence-electron chi connectivity index (χ0n) is 8.44. The average Bonchev–Trinajstić information content (AvgIpc) is 2.85. The van der Waals surface area contributed by atoms with Crippen molar-refractivity contribution in [1.29, 1.82) is 0 Å². The molecule has 0 aliphatic carbocycles. The molecule has 0 saturated carbocycles. The van der Waals surface area contributed by atoms with Crippen LogP contribution in [0.15, 0.2) is 35.2 Å². The van der Waals surface area contributed by atoms with Gasteiger partial charge in [0.2, 0.25) is 5.78 Å². The normalized spacial score (nSPS) is 11.7. The summed E-state index contributed by atoms with van der Waals surface area (Å²) < 4.78 is 42.5. The Labute approximate surface area is 93.6 Å². The van der Waals surface area contributed by atoms with Crippen molar-refractivity contribution in [3.8, 4) is 0 Å². The van der Waals surface area contributed by atoms with Crippen LogP contribution in [0.5, 0.6) is 0 Å². The first-order valence-corrected chi connectivity index (χ1v) is 4.63. The lowest BCUT2D eigenvalue weighted by Gasteiger charge is -2.01. The van der Waals surface area contributed by atoms with Gasteiger partial charge >= 0.3 is 6.18 Å². The SMILES string of the molecule is O=C(Cn1cc(C(F)(F)F)cn1)c1ccco1. The summed E-state index contributed by atoms with van der Waals surface area (Å²) in [4.78, 5) is 11.5. The molecule has 0 radical (unpaired) electrons. The van der Waals surface area contributed by atoms with E-state index in [1.165, 1.54) is 18.4 Å². The van der Waals surface area contributed by atoms with Crippen LogP contribution in [0.1, 0.15) is 16.1 Å². The molecule has 2 aromatic heterocycles. The van der Waals surface area contributed by atoms with E-state index in [0.29, 0.717) is 6.20 Å². The minimum Gasteiger partial charge on any atom is -0.461 e. The lowest BCUT2D eigenvalue weighted by Crippen LogP contribution is -2.10. The van der Waals surface area contributed by atoms with Crippen molar-refractivity contribution in [2.75, 3.05) is 0 Å². The minimum atomic E-state index is -4.45. The van der Waals surface area contributed by atoms with Crippen LogP contribution in [0.3, 0.4) is 0 Å². The van der Waals surface area contributed by atoms with Crippen molar-refractivity contribution >= 4 is 5.78 Å². The Morgan fingerprint density at radius 3 is 2.76 bits per heavy atom. The summed E-state index contributed by atoms with van der Waals surface area (Å²) in [6.45, 7) is -0.288. The van der Waals surface area contributed by atoms with Gasteiger partial charge in [-0.15, -0.1) is 0 Å². The maximum atomic E-state index is 12.3. The van der Waals surface area contributed by atoms with Crippen molar-refractivity contribution in [3.63, 3.8) is 0 Å². The maximum absolute atomic E-state index is 12.3. The van der Waals surface area contributed by atoms with Crippen LogP contribution in [0.4, 0.5) is 13.2 Å². The quantitative estimate of drug-likeness (QED) is 0.779. The lowest BCUT2D eigenvalue weighted by molar-refractivity contribution is -0.137. The van der Waals surface area contributed by atoms with E-state index < -0.39 is 17.5 Å². The fourth-order valence-electron chi connectivity index (χ4n) is 1.26. The van der Waals surface area contributed by atoms with Gasteiger partial charge in [0.25, 0.3) is 0 Å². The third-order valence-electron chi connectivity index (χ3n) is 2.06. The van der Waals surface area contributed by atoms with Crippen molar-refractivity contribution in [3.05, 3.63) is 42.1 Å². The highest BCUT2D eigenvalue weighted by atomic mass is 19.4. The molecule has 4 nitrogen and oxygen atoms in total. The first-order valence-electron chi connectivity index (χ1n) is 4.63. The summed E-state index contributed by atoms with van der Waals surface area (Å²) in [5.41, 5.74) is -0.884. The monoisotopic (exact) mass is 244 g/mol. The Morgan fingerprint density at radius 2 is 2.24 bits per heavy atom. The second-order valence-corrected chi connectivity index (χ2v) is 3.32. The molecule has 2 aromatic rings. The van der Waals surface area contributed by atoms with Gasteiger partial charge in [-0.3, -0.25) is 9.48 Å². The van der Waals surface area contributed by atoms with Crippen molar-refractivity contribution in [2.45, 2.75) is 12.7 Å². The number of halogens is 3. The molecular weight excluding hydrogens is 237 g/mol. The second kappa shape index (κ2) is 4.08. The van der Waals surface area contributed by atoms with Gasteiger partial charge in [-0.25, -0.2) is 0 Å². The molecule has 0 unspecified atom stereocenters. The number of rotatable bonds is 3. The fourth-order valence-corrected chi connectivity index (χ4v) is 1.26. The molecule has 0 aromatic carbocycles. The first kappa shape index (κ1) is 11.4. The molecule has 7 heteroatoms. The molecule has 0 bridgehead atoms. The molecule has 0 amide bonds. The standard InChI is InChI=1S/C10H7F3N2O2/c11-10(12,13)7-4-14-15(5-7)6-8(16)9-2-1-3-17-9/h1-5H,6H2. The average molecular weight is 244 g/mol. The van der Waals surface area contributed by atoms with Gasteiger partial charge in [0.1, 0.15) is 6.54 Å². The van der Waals surface area contributed by atoms with Gasteiger partial charge in [0.15, 0.2) is 5.76 Å². The van der Waals surface area contributed by atoms with E-state index in [9.17, 15) is 18.0 Å². The summed E-state index contributed by atoms with van der Waals surface area (Å²) >= 11 is 0. The van der Waals surface area contributed by atoms with E-state index in [1.807, 2.05) is 0 Å². The van der Waals surface area contributed by atoms with Crippen molar-refractivity contribution in [1.82, 2.24) is 9.78 Å². The van der Waals surface area contributed by atoms with E-state index in [0.717, 1.165) is 10.9 Å². The topological polar surface area (TPSA) is 48.0 Å². The minimum absolute atomic E-state index is 0.0917. The van der Waals surface area contributed by atoms with Crippen LogP contribution in [-0.4, -0.2) is 15.6 Å². The highest BCUT2D eigenvalue weighted by Crippen LogP contribution is 2.28. The fraction of sp³-hybridized carbons (Fsp3) is 0.200. The summed E-state index contributed by atoms with van der Waals surface area (Å²) in [6.07, 6.45) is -1.68. The van der Waals surface area contributed by atoms with Gasteiger partial charge in [-0.1, -0.05) is 0 Å². The van der Waals surface area contributed by atoms with Crippen LogP contribution in [0, 0.1) is 0 Å². The first-order chi connectivity index (χ1) is 7.97. The Kier molecular flexibility index (Phi) is 2.74. The van der Waals surface area contributed by atoms with Crippen LogP contribution in [-0.2, 0) is 12.7 Å².